The van der Waals surface area contributed by atoms with E-state index in [0.29, 0.717) is 0 Å². The average Bonchev–Trinajstić information content (AvgIpc) is 3.35. The molecule has 0 bridgehead atoms. The molecule has 3 aromatic rings. The number of hydrogen-bond acceptors (Lipinski definition) is 5. The largest absolute Gasteiger partial charge is 0.497 e. The van der Waals surface area contributed by atoms with Crippen molar-refractivity contribution >= 4 is 16.9 Å². The van der Waals surface area contributed by atoms with Crippen LogP contribution in [0.4, 0.5) is 0 Å². The lowest BCUT2D eigenvalue weighted by Crippen LogP contribution is -2.33. The summed E-state index contributed by atoms with van der Waals surface area (Å²) in [7, 11) is 3.27. The summed E-state index contributed by atoms with van der Waals surface area (Å²) in [5.41, 5.74) is 2.66. The van der Waals surface area contributed by atoms with Gasteiger partial charge in [-0.05, 0) is 37.1 Å². The molecule has 1 aliphatic rings. The predicted octanol–water partition coefficient (Wildman–Crippen LogP) is 2.81. The van der Waals surface area contributed by atoms with Crippen molar-refractivity contribution in [1.29, 1.82) is 0 Å². The van der Waals surface area contributed by atoms with Crippen molar-refractivity contribution in [3.63, 3.8) is 0 Å². The van der Waals surface area contributed by atoms with Crippen LogP contribution in [-0.4, -0.2) is 46.6 Å². The van der Waals surface area contributed by atoms with Crippen LogP contribution in [-0.2, 0) is 11.3 Å². The Hall–Kier alpha value is -3.09. The van der Waals surface area contributed by atoms with Gasteiger partial charge in [0.25, 0.3) is 0 Å². The van der Waals surface area contributed by atoms with Crippen molar-refractivity contribution in [2.45, 2.75) is 25.4 Å². The molecule has 2 heterocycles. The van der Waals surface area contributed by atoms with E-state index in [1.807, 2.05) is 47.4 Å². The Morgan fingerprint density at radius 3 is 2.85 bits per heavy atom. The first-order chi connectivity index (χ1) is 13.2. The van der Waals surface area contributed by atoms with Gasteiger partial charge in [-0.1, -0.05) is 17.3 Å². The number of ether oxygens (including phenoxy) is 2. The van der Waals surface area contributed by atoms with Gasteiger partial charge in [0.15, 0.2) is 0 Å². The van der Waals surface area contributed by atoms with Crippen LogP contribution in [0.3, 0.4) is 0 Å². The van der Waals surface area contributed by atoms with Crippen LogP contribution < -0.4 is 9.47 Å². The molecule has 0 saturated carbocycles. The third kappa shape index (κ3) is 3.20. The molecule has 0 N–H and O–H groups in total. The zero-order chi connectivity index (χ0) is 18.8. The van der Waals surface area contributed by atoms with E-state index < -0.39 is 0 Å². The molecule has 0 aliphatic carbocycles. The van der Waals surface area contributed by atoms with E-state index in [1.165, 1.54) is 0 Å². The summed E-state index contributed by atoms with van der Waals surface area (Å²) < 4.78 is 12.5. The molecule has 1 atom stereocenters. The van der Waals surface area contributed by atoms with Crippen molar-refractivity contribution in [3.05, 3.63) is 48.0 Å². The van der Waals surface area contributed by atoms with Gasteiger partial charge in [0.05, 0.1) is 25.8 Å². The van der Waals surface area contributed by atoms with Crippen LogP contribution in [0.25, 0.3) is 11.0 Å². The minimum Gasteiger partial charge on any atom is -0.497 e. The molecule has 4 rings (SSSR count). The summed E-state index contributed by atoms with van der Waals surface area (Å²) >= 11 is 0. The number of rotatable bonds is 5. The van der Waals surface area contributed by atoms with Crippen molar-refractivity contribution in [2.24, 2.45) is 0 Å². The highest BCUT2D eigenvalue weighted by Crippen LogP contribution is 2.38. The van der Waals surface area contributed by atoms with Crippen LogP contribution in [0.15, 0.2) is 42.5 Å². The van der Waals surface area contributed by atoms with Gasteiger partial charge in [-0.15, -0.1) is 5.10 Å². The Bertz CT molecular complexity index is 969. The molecule has 1 saturated heterocycles. The molecule has 1 fully saturated rings. The normalized spacial score (nSPS) is 16.7. The fourth-order valence-electron chi connectivity index (χ4n) is 3.74. The molecule has 1 aliphatic heterocycles. The van der Waals surface area contributed by atoms with E-state index in [2.05, 4.69) is 10.3 Å². The van der Waals surface area contributed by atoms with Gasteiger partial charge >= 0.3 is 0 Å². The molecule has 140 valence electrons. The molecule has 1 unspecified atom stereocenters. The molecule has 1 aromatic heterocycles. The Morgan fingerprint density at radius 1 is 1.19 bits per heavy atom. The van der Waals surface area contributed by atoms with Crippen molar-refractivity contribution in [1.82, 2.24) is 19.9 Å². The fraction of sp³-hybridized carbons (Fsp3) is 0.350. The zero-order valence-electron chi connectivity index (χ0n) is 15.5. The summed E-state index contributed by atoms with van der Waals surface area (Å²) in [6, 6.07) is 13.4. The minimum atomic E-state index is -0.00635. The monoisotopic (exact) mass is 366 g/mol. The summed E-state index contributed by atoms with van der Waals surface area (Å²) in [5, 5.41) is 8.27. The molecule has 0 radical (unpaired) electrons. The quantitative estimate of drug-likeness (QED) is 0.694. The summed E-state index contributed by atoms with van der Waals surface area (Å²) in [6.07, 6.45) is 1.87. The third-order valence-electron chi connectivity index (χ3n) is 5.08. The van der Waals surface area contributed by atoms with Gasteiger partial charge in [-0.25, -0.2) is 4.68 Å². The molecule has 7 nitrogen and oxygen atoms in total. The lowest BCUT2D eigenvalue weighted by atomic mass is 10.0. The van der Waals surface area contributed by atoms with E-state index in [4.69, 9.17) is 9.47 Å². The number of carbonyl (C=O) groups is 1. The lowest BCUT2D eigenvalue weighted by Gasteiger charge is -2.26. The number of methoxy groups -OCH3 is 2. The molecule has 7 heteroatoms. The van der Waals surface area contributed by atoms with E-state index in [-0.39, 0.29) is 18.5 Å². The first-order valence-corrected chi connectivity index (χ1v) is 9.01. The zero-order valence-corrected chi connectivity index (χ0v) is 15.5. The number of nitrogens with zero attached hydrogens (tertiary/aromatic N) is 4. The topological polar surface area (TPSA) is 69.5 Å². The first-order valence-electron chi connectivity index (χ1n) is 9.01. The van der Waals surface area contributed by atoms with Crippen LogP contribution in [0.2, 0.25) is 0 Å². The van der Waals surface area contributed by atoms with Gasteiger partial charge in [-0.2, -0.15) is 0 Å². The number of fused-ring (bicyclic) bond motifs is 1. The van der Waals surface area contributed by atoms with E-state index in [9.17, 15) is 4.79 Å². The number of likely N-dealkylation sites (tertiary alicyclic amines) is 1. The third-order valence-corrected chi connectivity index (χ3v) is 5.08. The summed E-state index contributed by atoms with van der Waals surface area (Å²) in [6.45, 7) is 0.904. The van der Waals surface area contributed by atoms with Gasteiger partial charge in [0.1, 0.15) is 23.6 Å². The van der Waals surface area contributed by atoms with Crippen LogP contribution in [0, 0.1) is 0 Å². The Kier molecular flexibility index (Phi) is 4.66. The van der Waals surface area contributed by atoms with Crippen LogP contribution >= 0.6 is 0 Å². The number of carbonyl (C=O) groups excluding carboxylic acids is 1. The number of aromatic nitrogens is 3. The number of amides is 1. The predicted molar refractivity (Wildman–Crippen MR) is 101 cm³/mol. The van der Waals surface area contributed by atoms with Crippen molar-refractivity contribution in [2.75, 3.05) is 20.8 Å². The highest BCUT2D eigenvalue weighted by atomic mass is 16.5. The highest BCUT2D eigenvalue weighted by molar-refractivity contribution is 5.80. The Balaban J connectivity index is 1.59. The second kappa shape index (κ2) is 7.26. The fourth-order valence-corrected chi connectivity index (χ4v) is 3.74. The lowest BCUT2D eigenvalue weighted by molar-refractivity contribution is -0.132. The Morgan fingerprint density at radius 2 is 2.04 bits per heavy atom. The second-order valence-corrected chi connectivity index (χ2v) is 6.59. The van der Waals surface area contributed by atoms with Crippen LogP contribution in [0.1, 0.15) is 24.4 Å². The second-order valence-electron chi connectivity index (χ2n) is 6.59. The standard InChI is InChI=1S/C20H22N4O3/c1-26-14-9-10-15(19(12-14)27-2)17-8-5-11-23(17)20(25)13-24-18-7-4-3-6-16(18)21-22-24/h3-4,6-7,9-10,12,17H,5,8,11,13H2,1-2H3. The van der Waals surface area contributed by atoms with Gasteiger partial charge in [0, 0.05) is 18.2 Å². The molecular weight excluding hydrogens is 344 g/mol. The maximum absolute atomic E-state index is 13.0. The van der Waals surface area contributed by atoms with E-state index in [0.717, 1.165) is 47.5 Å². The van der Waals surface area contributed by atoms with Gasteiger partial charge in [0.2, 0.25) is 5.91 Å². The van der Waals surface area contributed by atoms with Gasteiger partial charge < -0.3 is 14.4 Å². The summed E-state index contributed by atoms with van der Waals surface area (Å²) in [5.74, 6) is 1.51. The molecule has 1 amide bonds. The highest BCUT2D eigenvalue weighted by Gasteiger charge is 2.32. The van der Waals surface area contributed by atoms with E-state index >= 15 is 0 Å². The first kappa shape index (κ1) is 17.3. The van der Waals surface area contributed by atoms with Crippen LogP contribution in [0.5, 0.6) is 11.5 Å². The number of hydrogen-bond donors (Lipinski definition) is 0. The summed E-state index contributed by atoms with van der Waals surface area (Å²) in [4.78, 5) is 15.0. The maximum Gasteiger partial charge on any atom is 0.244 e. The SMILES string of the molecule is COc1ccc(C2CCCN2C(=O)Cn2nnc3ccccc32)c(OC)c1. The van der Waals surface area contributed by atoms with Crippen molar-refractivity contribution in [3.8, 4) is 11.5 Å². The molecule has 2 aromatic carbocycles. The number of benzene rings is 2. The smallest absolute Gasteiger partial charge is 0.244 e. The number of para-hydroxylation sites is 1. The molecule has 27 heavy (non-hydrogen) atoms. The van der Waals surface area contributed by atoms with E-state index in [1.54, 1.807) is 18.9 Å². The van der Waals surface area contributed by atoms with Crippen molar-refractivity contribution < 1.29 is 14.3 Å². The maximum atomic E-state index is 13.0. The molecular formula is C20H22N4O3. The molecule has 0 spiro atoms. The minimum absolute atomic E-state index is 0.00635. The van der Waals surface area contributed by atoms with Gasteiger partial charge in [-0.3, -0.25) is 4.79 Å². The Labute approximate surface area is 157 Å². The average molecular weight is 366 g/mol.